The molecule has 0 atom stereocenters. The Morgan fingerprint density at radius 2 is 1.59 bits per heavy atom. The lowest BCUT2D eigenvalue weighted by Crippen LogP contribution is -2.47. The zero-order valence-electron chi connectivity index (χ0n) is 11.6. The lowest BCUT2D eigenvalue weighted by molar-refractivity contribution is -0.192. The largest absolute Gasteiger partial charge is 0.490 e. The van der Waals surface area contributed by atoms with E-state index in [9.17, 15) is 22.8 Å². The van der Waals surface area contributed by atoms with Gasteiger partial charge >= 0.3 is 12.1 Å². The van der Waals surface area contributed by atoms with Crippen LogP contribution in [0.5, 0.6) is 0 Å². The maximum atomic E-state index is 11.2. The summed E-state index contributed by atoms with van der Waals surface area (Å²) in [5.74, 6) is -3.13. The van der Waals surface area contributed by atoms with Crippen LogP contribution < -0.4 is 5.32 Å². The molecule has 0 aromatic carbocycles. The van der Waals surface area contributed by atoms with Crippen molar-refractivity contribution in [2.45, 2.75) is 6.18 Å². The second-order valence-electron chi connectivity index (χ2n) is 4.56. The summed E-state index contributed by atoms with van der Waals surface area (Å²) in [6, 6.07) is 0. The molecule has 2 amide bonds. The summed E-state index contributed by atoms with van der Waals surface area (Å²) in [6.45, 7) is 5.24. The van der Waals surface area contributed by atoms with Gasteiger partial charge in [0.2, 0.25) is 0 Å². The highest BCUT2D eigenvalue weighted by Gasteiger charge is 2.38. The molecule has 0 spiro atoms. The second-order valence-corrected chi connectivity index (χ2v) is 4.56. The van der Waals surface area contributed by atoms with Gasteiger partial charge < -0.3 is 10.4 Å². The topological polar surface area (TPSA) is 89.9 Å². The molecular weight excluding hydrogens is 307 g/mol. The van der Waals surface area contributed by atoms with Crippen molar-refractivity contribution in [2.75, 3.05) is 39.3 Å². The van der Waals surface area contributed by atoms with Gasteiger partial charge in [-0.25, -0.2) is 4.79 Å². The fourth-order valence-corrected chi connectivity index (χ4v) is 1.83. The number of carboxylic acid groups (broad SMARTS) is 1. The van der Waals surface area contributed by atoms with Gasteiger partial charge in [0.25, 0.3) is 11.8 Å². The van der Waals surface area contributed by atoms with Crippen LogP contribution in [0, 0.1) is 0 Å². The van der Waals surface area contributed by atoms with Crippen molar-refractivity contribution in [1.29, 1.82) is 0 Å². The van der Waals surface area contributed by atoms with Gasteiger partial charge in [-0.15, -0.1) is 0 Å². The first-order chi connectivity index (χ1) is 10.2. The minimum absolute atomic E-state index is 0.185. The third-order valence-corrected chi connectivity index (χ3v) is 2.99. The molecule has 0 aromatic heterocycles. The number of nitrogens with one attached hydrogen (secondary N) is 1. The van der Waals surface area contributed by atoms with Gasteiger partial charge in [0.1, 0.15) is 0 Å². The molecule has 1 saturated heterocycles. The Hall–Kier alpha value is -1.94. The normalized spacial score (nSPS) is 19.1. The molecule has 10 heteroatoms. The van der Waals surface area contributed by atoms with Gasteiger partial charge in [0, 0.05) is 51.4 Å². The number of imide groups is 1. The van der Waals surface area contributed by atoms with Crippen molar-refractivity contribution in [1.82, 2.24) is 15.1 Å². The molecule has 0 bridgehead atoms. The number of carboxylic acids is 1. The van der Waals surface area contributed by atoms with E-state index in [4.69, 9.17) is 9.90 Å². The Morgan fingerprint density at radius 1 is 1.14 bits per heavy atom. The summed E-state index contributed by atoms with van der Waals surface area (Å²) in [7, 11) is 0. The van der Waals surface area contributed by atoms with E-state index in [1.807, 2.05) is 0 Å². The van der Waals surface area contributed by atoms with Crippen molar-refractivity contribution in [3.63, 3.8) is 0 Å². The van der Waals surface area contributed by atoms with Crippen molar-refractivity contribution < 1.29 is 32.7 Å². The number of piperazine rings is 1. The summed E-state index contributed by atoms with van der Waals surface area (Å²) in [6.07, 6.45) is -2.42. The summed E-state index contributed by atoms with van der Waals surface area (Å²) in [4.78, 5) is 34.9. The fourth-order valence-electron chi connectivity index (χ4n) is 1.83. The standard InChI is InChI=1S/C10H15N3O2.C2HF3O2/c14-9-1-2-10(15)13(9)8-7-12-5-3-11-4-6-12;3-2(4,5)1(6)7/h1-2,11H,3-8H2;(H,6,7). The van der Waals surface area contributed by atoms with Crippen LogP contribution in [-0.2, 0) is 14.4 Å². The number of rotatable bonds is 3. The second kappa shape index (κ2) is 7.90. The lowest BCUT2D eigenvalue weighted by Gasteiger charge is -2.28. The van der Waals surface area contributed by atoms with Gasteiger partial charge in [-0.05, 0) is 0 Å². The highest BCUT2D eigenvalue weighted by atomic mass is 19.4. The molecule has 0 saturated carbocycles. The SMILES string of the molecule is O=C(O)C(F)(F)F.O=C1C=CC(=O)N1CCN1CCNCC1. The first kappa shape index (κ1) is 18.1. The van der Waals surface area contributed by atoms with Crippen LogP contribution in [0.25, 0.3) is 0 Å². The number of hydrogen-bond donors (Lipinski definition) is 2. The minimum atomic E-state index is -5.08. The smallest absolute Gasteiger partial charge is 0.475 e. The maximum Gasteiger partial charge on any atom is 0.490 e. The van der Waals surface area contributed by atoms with E-state index in [2.05, 4.69) is 10.2 Å². The average molecular weight is 323 g/mol. The molecule has 124 valence electrons. The predicted octanol–water partition coefficient (Wildman–Crippen LogP) is -0.550. The van der Waals surface area contributed by atoms with Crippen LogP contribution in [0.1, 0.15) is 0 Å². The van der Waals surface area contributed by atoms with Gasteiger partial charge in [0.05, 0.1) is 0 Å². The number of amides is 2. The van der Waals surface area contributed by atoms with Crippen LogP contribution in [-0.4, -0.2) is 78.1 Å². The number of hydrogen-bond acceptors (Lipinski definition) is 5. The average Bonchev–Trinajstić information content (AvgIpc) is 2.77. The van der Waals surface area contributed by atoms with E-state index in [0.29, 0.717) is 6.54 Å². The molecule has 7 nitrogen and oxygen atoms in total. The molecule has 0 unspecified atom stereocenters. The van der Waals surface area contributed by atoms with E-state index >= 15 is 0 Å². The highest BCUT2D eigenvalue weighted by molar-refractivity contribution is 6.12. The van der Waals surface area contributed by atoms with Crippen molar-refractivity contribution >= 4 is 17.8 Å². The Kier molecular flexibility index (Phi) is 6.50. The number of carbonyl (C=O) groups excluding carboxylic acids is 2. The Balaban J connectivity index is 0.000000295. The van der Waals surface area contributed by atoms with E-state index in [-0.39, 0.29) is 11.8 Å². The molecular formula is C12H16F3N3O4. The summed E-state index contributed by atoms with van der Waals surface area (Å²) in [5.41, 5.74) is 0. The lowest BCUT2D eigenvalue weighted by atomic mass is 10.3. The zero-order chi connectivity index (χ0) is 16.8. The summed E-state index contributed by atoms with van der Waals surface area (Å²) >= 11 is 0. The molecule has 2 aliphatic heterocycles. The highest BCUT2D eigenvalue weighted by Crippen LogP contribution is 2.13. The van der Waals surface area contributed by atoms with E-state index in [1.165, 1.54) is 17.1 Å². The number of aliphatic carboxylic acids is 1. The summed E-state index contributed by atoms with van der Waals surface area (Å²) < 4.78 is 31.7. The molecule has 0 aromatic rings. The number of carbonyl (C=O) groups is 3. The molecule has 2 aliphatic rings. The first-order valence-electron chi connectivity index (χ1n) is 6.48. The monoisotopic (exact) mass is 323 g/mol. The molecule has 0 aliphatic carbocycles. The van der Waals surface area contributed by atoms with Crippen molar-refractivity contribution in [3.8, 4) is 0 Å². The van der Waals surface area contributed by atoms with Crippen molar-refractivity contribution in [2.24, 2.45) is 0 Å². The Labute approximate surface area is 124 Å². The fraction of sp³-hybridized carbons (Fsp3) is 0.583. The van der Waals surface area contributed by atoms with Gasteiger partial charge in [0.15, 0.2) is 0 Å². The van der Waals surface area contributed by atoms with Crippen molar-refractivity contribution in [3.05, 3.63) is 12.2 Å². The molecule has 2 heterocycles. The van der Waals surface area contributed by atoms with Crippen LogP contribution in [0.4, 0.5) is 13.2 Å². The molecule has 2 N–H and O–H groups in total. The molecule has 22 heavy (non-hydrogen) atoms. The number of halogens is 3. The zero-order valence-corrected chi connectivity index (χ0v) is 11.6. The van der Waals surface area contributed by atoms with Gasteiger partial charge in [-0.1, -0.05) is 0 Å². The maximum absolute atomic E-state index is 11.2. The Morgan fingerprint density at radius 3 is 2.00 bits per heavy atom. The third kappa shape index (κ3) is 5.82. The van der Waals surface area contributed by atoms with E-state index in [1.54, 1.807) is 0 Å². The number of alkyl halides is 3. The first-order valence-corrected chi connectivity index (χ1v) is 6.48. The minimum Gasteiger partial charge on any atom is -0.475 e. The molecule has 2 rings (SSSR count). The van der Waals surface area contributed by atoms with Crippen LogP contribution >= 0.6 is 0 Å². The van der Waals surface area contributed by atoms with Gasteiger partial charge in [-0.3, -0.25) is 19.4 Å². The third-order valence-electron chi connectivity index (χ3n) is 2.99. The van der Waals surface area contributed by atoms with Crippen LogP contribution in [0.3, 0.4) is 0 Å². The van der Waals surface area contributed by atoms with Gasteiger partial charge in [-0.2, -0.15) is 13.2 Å². The number of nitrogens with zero attached hydrogens (tertiary/aromatic N) is 2. The van der Waals surface area contributed by atoms with Crippen LogP contribution in [0.15, 0.2) is 12.2 Å². The quantitative estimate of drug-likeness (QED) is 0.678. The molecule has 1 fully saturated rings. The van der Waals surface area contributed by atoms with Crippen LogP contribution in [0.2, 0.25) is 0 Å². The molecule has 0 radical (unpaired) electrons. The van der Waals surface area contributed by atoms with E-state index in [0.717, 1.165) is 32.7 Å². The summed E-state index contributed by atoms with van der Waals surface area (Å²) in [5, 5.41) is 10.4. The predicted molar refractivity (Wildman–Crippen MR) is 68.9 cm³/mol. The Bertz CT molecular complexity index is 441. The van der Waals surface area contributed by atoms with E-state index < -0.39 is 12.1 Å².